The molecule has 1 saturated heterocycles. The Morgan fingerprint density at radius 3 is 2.16 bits per heavy atom. The number of rotatable bonds is 6. The standard InChI is InChI=1S/C29H28N6O2.2H2/c1-21(36)31-24-9-7-22(8-10-24)27-15-16-30-29(33-27)32-25-11-13-26(14-12-25)34-17-19-35(20-18-34)28(37)23-5-3-2-4-6-23;;/h2-16H,17-20H2,1H3,(H,31,36)(H,30,32,33);2*1H. The highest BCUT2D eigenvalue weighted by Crippen LogP contribution is 2.24. The van der Waals surface area contributed by atoms with Crippen molar-refractivity contribution in [2.45, 2.75) is 6.92 Å². The van der Waals surface area contributed by atoms with Crippen molar-refractivity contribution in [1.29, 1.82) is 0 Å². The molecule has 1 fully saturated rings. The van der Waals surface area contributed by atoms with Gasteiger partial charge in [-0.2, -0.15) is 0 Å². The van der Waals surface area contributed by atoms with Crippen LogP contribution in [0.25, 0.3) is 11.3 Å². The zero-order valence-corrected chi connectivity index (χ0v) is 20.6. The number of aromatic nitrogens is 2. The Morgan fingerprint density at radius 1 is 0.811 bits per heavy atom. The van der Waals surface area contributed by atoms with E-state index in [4.69, 9.17) is 0 Å². The summed E-state index contributed by atoms with van der Waals surface area (Å²) in [6.07, 6.45) is 1.72. The van der Waals surface area contributed by atoms with Crippen molar-refractivity contribution >= 4 is 34.8 Å². The Balaban J connectivity index is 0.00000210. The highest BCUT2D eigenvalue weighted by atomic mass is 16.2. The van der Waals surface area contributed by atoms with E-state index in [1.165, 1.54) is 6.92 Å². The number of nitrogens with one attached hydrogen (secondary N) is 2. The van der Waals surface area contributed by atoms with Crippen molar-refractivity contribution in [3.8, 4) is 11.3 Å². The molecule has 8 nitrogen and oxygen atoms in total. The summed E-state index contributed by atoms with van der Waals surface area (Å²) in [5.41, 5.74) is 5.20. The lowest BCUT2D eigenvalue weighted by atomic mass is 10.1. The zero-order valence-electron chi connectivity index (χ0n) is 20.6. The van der Waals surface area contributed by atoms with Gasteiger partial charge in [-0.05, 0) is 54.6 Å². The maximum atomic E-state index is 12.7. The smallest absolute Gasteiger partial charge is 0.253 e. The molecule has 0 radical (unpaired) electrons. The molecule has 37 heavy (non-hydrogen) atoms. The van der Waals surface area contributed by atoms with E-state index in [0.29, 0.717) is 19.0 Å². The average molecular weight is 497 g/mol. The van der Waals surface area contributed by atoms with Gasteiger partial charge in [-0.15, -0.1) is 0 Å². The van der Waals surface area contributed by atoms with Gasteiger partial charge in [0.2, 0.25) is 11.9 Å². The summed E-state index contributed by atoms with van der Waals surface area (Å²) in [6, 6.07) is 27.0. The van der Waals surface area contributed by atoms with Gasteiger partial charge in [0.05, 0.1) is 5.69 Å². The molecule has 0 saturated carbocycles. The Labute approximate surface area is 219 Å². The lowest BCUT2D eigenvalue weighted by Crippen LogP contribution is -2.48. The van der Waals surface area contributed by atoms with E-state index in [0.717, 1.165) is 47.0 Å². The van der Waals surface area contributed by atoms with Gasteiger partial charge in [0.1, 0.15) is 0 Å². The minimum atomic E-state index is -0.104. The summed E-state index contributed by atoms with van der Waals surface area (Å²) >= 11 is 0. The number of nitrogens with zero attached hydrogens (tertiary/aromatic N) is 4. The van der Waals surface area contributed by atoms with Crippen molar-refractivity contribution in [2.24, 2.45) is 0 Å². The monoisotopic (exact) mass is 496 g/mol. The first-order valence-electron chi connectivity index (χ1n) is 12.2. The molecular weight excluding hydrogens is 464 g/mol. The van der Waals surface area contributed by atoms with Gasteiger partial charge in [-0.25, -0.2) is 9.97 Å². The van der Waals surface area contributed by atoms with Gasteiger partial charge in [0.25, 0.3) is 5.91 Å². The van der Waals surface area contributed by atoms with E-state index in [1.807, 2.05) is 77.7 Å². The van der Waals surface area contributed by atoms with Gasteiger partial charge in [0, 0.05) is 70.3 Å². The molecule has 0 spiro atoms. The van der Waals surface area contributed by atoms with Crippen LogP contribution in [0.1, 0.15) is 20.1 Å². The van der Waals surface area contributed by atoms with Crippen molar-refractivity contribution in [1.82, 2.24) is 14.9 Å². The van der Waals surface area contributed by atoms with Crippen molar-refractivity contribution in [3.63, 3.8) is 0 Å². The second-order valence-electron chi connectivity index (χ2n) is 8.84. The van der Waals surface area contributed by atoms with Crippen LogP contribution in [0.4, 0.5) is 23.0 Å². The normalized spacial score (nSPS) is 13.2. The molecule has 1 aromatic heterocycles. The first-order valence-corrected chi connectivity index (χ1v) is 12.2. The number of benzene rings is 3. The molecule has 8 heteroatoms. The lowest BCUT2D eigenvalue weighted by Gasteiger charge is -2.36. The van der Waals surface area contributed by atoms with E-state index >= 15 is 0 Å². The van der Waals surface area contributed by atoms with Crippen LogP contribution in [0.3, 0.4) is 0 Å². The van der Waals surface area contributed by atoms with Crippen LogP contribution in [0.15, 0.2) is 91.1 Å². The summed E-state index contributed by atoms with van der Waals surface area (Å²) in [5, 5.41) is 6.04. The predicted molar refractivity (Wildman–Crippen MR) is 150 cm³/mol. The maximum Gasteiger partial charge on any atom is 0.253 e. The number of hydrogen-bond donors (Lipinski definition) is 2. The third kappa shape index (κ3) is 5.92. The summed E-state index contributed by atoms with van der Waals surface area (Å²) < 4.78 is 0. The Bertz CT molecular complexity index is 1380. The van der Waals surface area contributed by atoms with Gasteiger partial charge in [-0.1, -0.05) is 30.3 Å². The lowest BCUT2D eigenvalue weighted by molar-refractivity contribution is -0.114. The molecule has 3 aromatic carbocycles. The molecule has 0 bridgehead atoms. The molecule has 0 unspecified atom stereocenters. The molecule has 5 rings (SSSR count). The van der Waals surface area contributed by atoms with Gasteiger partial charge in [-0.3, -0.25) is 9.59 Å². The fourth-order valence-corrected chi connectivity index (χ4v) is 4.32. The molecule has 2 heterocycles. The molecule has 0 aliphatic carbocycles. The molecule has 1 aliphatic rings. The highest BCUT2D eigenvalue weighted by Gasteiger charge is 2.22. The molecular formula is C29H32N6O2. The van der Waals surface area contributed by atoms with E-state index in [2.05, 4.69) is 37.6 Å². The molecule has 2 N–H and O–H groups in total. The summed E-state index contributed by atoms with van der Waals surface area (Å²) in [5.74, 6) is 0.489. The van der Waals surface area contributed by atoms with E-state index in [1.54, 1.807) is 6.20 Å². The van der Waals surface area contributed by atoms with Crippen LogP contribution in [-0.4, -0.2) is 52.9 Å². The van der Waals surface area contributed by atoms with E-state index in [-0.39, 0.29) is 14.7 Å². The van der Waals surface area contributed by atoms with Crippen molar-refractivity contribution in [3.05, 3.63) is 96.7 Å². The number of anilines is 4. The maximum absolute atomic E-state index is 12.7. The quantitative estimate of drug-likeness (QED) is 0.376. The number of carbonyl (C=O) groups is 2. The molecule has 190 valence electrons. The first-order chi connectivity index (χ1) is 18.0. The minimum absolute atomic E-state index is 0. The Morgan fingerprint density at radius 2 is 1.49 bits per heavy atom. The topological polar surface area (TPSA) is 90.5 Å². The van der Waals surface area contributed by atoms with E-state index < -0.39 is 0 Å². The van der Waals surface area contributed by atoms with Crippen LogP contribution < -0.4 is 15.5 Å². The van der Waals surface area contributed by atoms with Crippen molar-refractivity contribution in [2.75, 3.05) is 41.7 Å². The van der Waals surface area contributed by atoms with Crippen LogP contribution in [0, 0.1) is 0 Å². The summed E-state index contributed by atoms with van der Waals surface area (Å²) in [6.45, 7) is 4.45. The third-order valence-corrected chi connectivity index (χ3v) is 6.23. The fraction of sp³-hybridized carbons (Fsp3) is 0.172. The number of carbonyl (C=O) groups excluding carboxylic acids is 2. The predicted octanol–water partition coefficient (Wildman–Crippen LogP) is 5.30. The van der Waals surface area contributed by atoms with Gasteiger partial charge < -0.3 is 20.4 Å². The largest absolute Gasteiger partial charge is 0.368 e. The summed E-state index contributed by atoms with van der Waals surface area (Å²) in [4.78, 5) is 37.1. The second kappa shape index (κ2) is 10.9. The van der Waals surface area contributed by atoms with Crippen LogP contribution in [0.2, 0.25) is 0 Å². The number of piperazine rings is 1. The highest BCUT2D eigenvalue weighted by molar-refractivity contribution is 5.94. The van der Waals surface area contributed by atoms with E-state index in [9.17, 15) is 9.59 Å². The van der Waals surface area contributed by atoms with Crippen LogP contribution in [0.5, 0.6) is 0 Å². The zero-order chi connectivity index (χ0) is 25.6. The van der Waals surface area contributed by atoms with Crippen LogP contribution in [-0.2, 0) is 4.79 Å². The SMILES string of the molecule is CC(=O)Nc1ccc(-c2ccnc(Nc3ccc(N4CCN(C(=O)c5ccccc5)CC4)cc3)n2)cc1.[HH].[HH]. The first kappa shape index (κ1) is 24.0. The van der Waals surface area contributed by atoms with Crippen molar-refractivity contribution < 1.29 is 12.4 Å². The van der Waals surface area contributed by atoms with Gasteiger partial charge in [0.15, 0.2) is 0 Å². The van der Waals surface area contributed by atoms with Gasteiger partial charge >= 0.3 is 0 Å². The number of hydrogen-bond acceptors (Lipinski definition) is 6. The third-order valence-electron chi connectivity index (χ3n) is 6.23. The molecule has 2 amide bonds. The average Bonchev–Trinajstić information content (AvgIpc) is 2.94. The second-order valence-corrected chi connectivity index (χ2v) is 8.84. The number of amides is 2. The fourth-order valence-electron chi connectivity index (χ4n) is 4.32. The minimum Gasteiger partial charge on any atom is -0.368 e. The molecule has 4 aromatic rings. The van der Waals surface area contributed by atoms with Crippen LogP contribution >= 0.6 is 0 Å². The molecule has 0 atom stereocenters. The molecule has 1 aliphatic heterocycles. The summed E-state index contributed by atoms with van der Waals surface area (Å²) in [7, 11) is 0. The Kier molecular flexibility index (Phi) is 7.07. The Hall–Kier alpha value is -4.72.